The van der Waals surface area contributed by atoms with Gasteiger partial charge in [0.15, 0.2) is 0 Å². The summed E-state index contributed by atoms with van der Waals surface area (Å²) in [6.45, 7) is 3.45. The Morgan fingerprint density at radius 3 is 2.35 bits per heavy atom. The van der Waals surface area contributed by atoms with Crippen LogP contribution in [0.15, 0.2) is 66.7 Å². The van der Waals surface area contributed by atoms with Crippen LogP contribution in [0.3, 0.4) is 0 Å². The molecule has 1 heterocycles. The molecule has 1 saturated heterocycles. The van der Waals surface area contributed by atoms with Gasteiger partial charge < -0.3 is 19.9 Å². The Balaban J connectivity index is 1.30. The first kappa shape index (κ1) is 23.3. The number of rotatable bonds is 6. The minimum absolute atomic E-state index is 0.0811. The first-order chi connectivity index (χ1) is 16.5. The van der Waals surface area contributed by atoms with Crippen LogP contribution in [-0.4, -0.2) is 66.9 Å². The highest BCUT2D eigenvalue weighted by atomic mass is 16.5. The van der Waals surface area contributed by atoms with Crippen molar-refractivity contribution in [3.63, 3.8) is 0 Å². The van der Waals surface area contributed by atoms with Gasteiger partial charge in [-0.1, -0.05) is 48.5 Å². The summed E-state index contributed by atoms with van der Waals surface area (Å²) >= 11 is 0. The molecule has 3 amide bonds. The third-order valence-electron chi connectivity index (χ3n) is 6.17. The van der Waals surface area contributed by atoms with E-state index >= 15 is 0 Å². The van der Waals surface area contributed by atoms with Gasteiger partial charge in [0.05, 0.1) is 13.5 Å². The van der Waals surface area contributed by atoms with E-state index in [-0.39, 0.29) is 24.1 Å². The van der Waals surface area contributed by atoms with Crippen LogP contribution >= 0.6 is 0 Å². The zero-order valence-corrected chi connectivity index (χ0v) is 19.5. The zero-order valence-electron chi connectivity index (χ0n) is 19.5. The van der Waals surface area contributed by atoms with Crippen molar-refractivity contribution in [2.75, 3.05) is 33.3 Å². The fourth-order valence-corrected chi connectivity index (χ4v) is 4.32. The molecule has 3 aromatic carbocycles. The number of carbonyl (C=O) groups is 3. The normalized spacial score (nSPS) is 14.5. The molecule has 1 fully saturated rings. The summed E-state index contributed by atoms with van der Waals surface area (Å²) < 4.78 is 5.20. The minimum atomic E-state index is -0.636. The number of benzene rings is 3. The molecule has 1 aliphatic heterocycles. The van der Waals surface area contributed by atoms with Crippen LogP contribution in [0.25, 0.3) is 10.8 Å². The molecule has 0 radical (unpaired) electrons. The van der Waals surface area contributed by atoms with Crippen molar-refractivity contribution in [1.82, 2.24) is 15.1 Å². The van der Waals surface area contributed by atoms with E-state index in [9.17, 15) is 14.4 Å². The van der Waals surface area contributed by atoms with Gasteiger partial charge in [-0.05, 0) is 41.5 Å². The summed E-state index contributed by atoms with van der Waals surface area (Å²) in [7, 11) is 1.57. The van der Waals surface area contributed by atoms with Gasteiger partial charge in [0.25, 0.3) is 5.91 Å². The van der Waals surface area contributed by atoms with Crippen LogP contribution in [0.1, 0.15) is 22.8 Å². The molecule has 0 unspecified atom stereocenters. The summed E-state index contributed by atoms with van der Waals surface area (Å²) in [6, 6.07) is 20.2. The molecule has 4 rings (SSSR count). The Hall–Kier alpha value is -3.87. The molecule has 0 spiro atoms. The summed E-state index contributed by atoms with van der Waals surface area (Å²) in [5.41, 5.74) is 1.49. The van der Waals surface area contributed by atoms with Crippen molar-refractivity contribution < 1.29 is 19.1 Å². The van der Waals surface area contributed by atoms with E-state index in [0.717, 1.165) is 16.3 Å². The van der Waals surface area contributed by atoms with E-state index in [4.69, 9.17) is 4.74 Å². The molecule has 1 atom stereocenters. The van der Waals surface area contributed by atoms with Crippen molar-refractivity contribution in [3.05, 3.63) is 77.9 Å². The fourth-order valence-electron chi connectivity index (χ4n) is 4.32. The Morgan fingerprint density at radius 2 is 1.59 bits per heavy atom. The van der Waals surface area contributed by atoms with Gasteiger partial charge in [-0.3, -0.25) is 14.4 Å². The molecular formula is C27H29N3O4. The maximum absolute atomic E-state index is 12.9. The zero-order chi connectivity index (χ0) is 24.1. The number of piperazine rings is 1. The molecule has 0 aromatic heterocycles. The predicted molar refractivity (Wildman–Crippen MR) is 131 cm³/mol. The van der Waals surface area contributed by atoms with Gasteiger partial charge in [-0.2, -0.15) is 0 Å². The fraction of sp³-hybridized carbons (Fsp3) is 0.296. The molecule has 0 aliphatic carbocycles. The largest absolute Gasteiger partial charge is 0.497 e. The molecule has 34 heavy (non-hydrogen) atoms. The van der Waals surface area contributed by atoms with E-state index in [1.165, 1.54) is 0 Å². The lowest BCUT2D eigenvalue weighted by atomic mass is 10.0. The average Bonchev–Trinajstić information content (AvgIpc) is 2.88. The van der Waals surface area contributed by atoms with Crippen molar-refractivity contribution in [3.8, 4) is 5.75 Å². The van der Waals surface area contributed by atoms with Crippen molar-refractivity contribution in [1.29, 1.82) is 0 Å². The molecule has 1 N–H and O–H groups in total. The van der Waals surface area contributed by atoms with Gasteiger partial charge in [0.1, 0.15) is 11.8 Å². The summed E-state index contributed by atoms with van der Waals surface area (Å²) in [5.74, 6) is 0.221. The Kier molecular flexibility index (Phi) is 7.11. The van der Waals surface area contributed by atoms with Crippen molar-refractivity contribution in [2.45, 2.75) is 19.4 Å². The first-order valence-corrected chi connectivity index (χ1v) is 11.4. The topological polar surface area (TPSA) is 79.0 Å². The third kappa shape index (κ3) is 5.20. The van der Waals surface area contributed by atoms with Gasteiger partial charge in [-0.15, -0.1) is 0 Å². The van der Waals surface area contributed by atoms with E-state index in [1.807, 2.05) is 42.5 Å². The first-order valence-electron chi connectivity index (χ1n) is 11.4. The molecular weight excluding hydrogens is 430 g/mol. The lowest BCUT2D eigenvalue weighted by molar-refractivity contribution is -0.137. The number of ether oxygens (including phenoxy) is 1. The van der Waals surface area contributed by atoms with E-state index in [2.05, 4.69) is 5.32 Å². The molecule has 3 aromatic rings. The highest BCUT2D eigenvalue weighted by Crippen LogP contribution is 2.19. The van der Waals surface area contributed by atoms with Crippen molar-refractivity contribution in [2.24, 2.45) is 0 Å². The molecule has 0 bridgehead atoms. The third-order valence-corrected chi connectivity index (χ3v) is 6.17. The second kappa shape index (κ2) is 10.4. The predicted octanol–water partition coefficient (Wildman–Crippen LogP) is 2.88. The van der Waals surface area contributed by atoms with E-state index in [0.29, 0.717) is 37.5 Å². The number of fused-ring (bicyclic) bond motifs is 1. The summed E-state index contributed by atoms with van der Waals surface area (Å²) in [4.78, 5) is 41.8. The van der Waals surface area contributed by atoms with Crippen LogP contribution in [0.4, 0.5) is 0 Å². The molecule has 7 heteroatoms. The minimum Gasteiger partial charge on any atom is -0.497 e. The van der Waals surface area contributed by atoms with Crippen LogP contribution in [-0.2, 0) is 16.0 Å². The number of carbonyl (C=O) groups excluding carboxylic acids is 3. The van der Waals surface area contributed by atoms with Gasteiger partial charge in [-0.25, -0.2) is 0 Å². The highest BCUT2D eigenvalue weighted by molar-refractivity contribution is 5.95. The van der Waals surface area contributed by atoms with Crippen LogP contribution in [0, 0.1) is 0 Å². The van der Waals surface area contributed by atoms with Gasteiger partial charge >= 0.3 is 0 Å². The lowest BCUT2D eigenvalue weighted by Crippen LogP contribution is -2.55. The quantitative estimate of drug-likeness (QED) is 0.615. The summed E-state index contributed by atoms with van der Waals surface area (Å²) in [5, 5.41) is 4.96. The monoisotopic (exact) mass is 459 g/mol. The second-order valence-corrected chi connectivity index (χ2v) is 8.45. The molecule has 176 valence electrons. The second-order valence-electron chi connectivity index (χ2n) is 8.45. The average molecular weight is 460 g/mol. The molecule has 7 nitrogen and oxygen atoms in total. The van der Waals surface area contributed by atoms with Crippen LogP contribution in [0.2, 0.25) is 0 Å². The number of nitrogens with one attached hydrogen (secondary N) is 1. The highest BCUT2D eigenvalue weighted by Gasteiger charge is 2.28. The molecule has 1 aliphatic rings. The molecule has 0 saturated carbocycles. The van der Waals surface area contributed by atoms with Crippen molar-refractivity contribution >= 4 is 28.5 Å². The number of nitrogens with zero attached hydrogens (tertiary/aromatic N) is 2. The summed E-state index contributed by atoms with van der Waals surface area (Å²) in [6.07, 6.45) is 0.210. The smallest absolute Gasteiger partial charge is 0.254 e. The van der Waals surface area contributed by atoms with E-state index < -0.39 is 6.04 Å². The SMILES string of the molecule is COc1cccc(C(=O)N2CCN(C(=O)[C@H](C)NC(=O)Cc3cccc4ccccc34)CC2)c1. The lowest BCUT2D eigenvalue weighted by Gasteiger charge is -2.36. The van der Waals surface area contributed by atoms with Gasteiger partial charge in [0.2, 0.25) is 11.8 Å². The maximum Gasteiger partial charge on any atom is 0.254 e. The van der Waals surface area contributed by atoms with Crippen LogP contribution in [0.5, 0.6) is 5.75 Å². The maximum atomic E-state index is 12.9. The number of amides is 3. The number of methoxy groups -OCH3 is 1. The van der Waals surface area contributed by atoms with E-state index in [1.54, 1.807) is 48.1 Å². The number of hydrogen-bond acceptors (Lipinski definition) is 4. The van der Waals surface area contributed by atoms with Gasteiger partial charge in [0, 0.05) is 31.7 Å². The number of hydrogen-bond donors (Lipinski definition) is 1. The Labute approximate surface area is 199 Å². The standard InChI is InChI=1S/C27H29N3O4/c1-19(28-25(31)18-21-9-5-8-20-7-3-4-12-24(20)21)26(32)29-13-15-30(16-14-29)27(33)22-10-6-11-23(17-22)34-2/h3-12,17,19H,13-16,18H2,1-2H3,(H,28,31)/t19-/m0/s1. The van der Waals surface area contributed by atoms with Crippen LogP contribution < -0.4 is 10.1 Å². The Bertz CT molecular complexity index is 1200. The Morgan fingerprint density at radius 1 is 0.912 bits per heavy atom.